The Kier molecular flexibility index (Phi) is 8.66. The molecular formula is C29H23N3O5S2. The lowest BCUT2D eigenvalue weighted by molar-refractivity contribution is -0.114. The molecule has 1 N–H and O–H groups in total. The lowest BCUT2D eigenvalue weighted by atomic mass is 10.2. The van der Waals surface area contributed by atoms with E-state index in [0.29, 0.717) is 5.69 Å². The summed E-state index contributed by atoms with van der Waals surface area (Å²) in [5.41, 5.74) is 0.891. The summed E-state index contributed by atoms with van der Waals surface area (Å²) in [6.45, 7) is -0.515. The summed E-state index contributed by atoms with van der Waals surface area (Å²) in [6, 6.07) is 30.8. The third kappa shape index (κ3) is 7.25. The topological polar surface area (TPSA) is 117 Å². The maximum absolute atomic E-state index is 13.0. The Balaban J connectivity index is 1.53. The number of amides is 1. The van der Waals surface area contributed by atoms with Gasteiger partial charge in [0.2, 0.25) is 15.9 Å². The average Bonchev–Trinajstić information content (AvgIpc) is 2.93. The van der Waals surface area contributed by atoms with Gasteiger partial charge in [0.05, 0.1) is 28.8 Å². The van der Waals surface area contributed by atoms with Crippen LogP contribution < -0.4 is 14.4 Å². The molecular weight excluding hydrogens is 534 g/mol. The predicted molar refractivity (Wildman–Crippen MR) is 150 cm³/mol. The first-order valence-electron chi connectivity index (χ1n) is 11.7. The van der Waals surface area contributed by atoms with Gasteiger partial charge in [0.25, 0.3) is 0 Å². The number of hydrogen-bond acceptors (Lipinski definition) is 7. The van der Waals surface area contributed by atoms with E-state index >= 15 is 0 Å². The van der Waals surface area contributed by atoms with Crippen LogP contribution in [0.2, 0.25) is 0 Å². The second-order valence-electron chi connectivity index (χ2n) is 8.28. The molecule has 0 atom stereocenters. The highest BCUT2D eigenvalue weighted by Crippen LogP contribution is 2.33. The van der Waals surface area contributed by atoms with Crippen LogP contribution in [0.1, 0.15) is 15.9 Å². The van der Waals surface area contributed by atoms with Gasteiger partial charge in [-0.05, 0) is 54.6 Å². The van der Waals surface area contributed by atoms with E-state index in [4.69, 9.17) is 4.74 Å². The zero-order valence-electron chi connectivity index (χ0n) is 20.8. The molecule has 0 fully saturated rings. The SMILES string of the molecule is CS(=O)(=O)N(CC(=O)Nc1ccccc1Sc1ccccc1)c1cccc(C(=O)Oc2ccccc2C#N)c1. The van der Waals surface area contributed by atoms with E-state index in [1.165, 1.54) is 48.2 Å². The van der Waals surface area contributed by atoms with E-state index in [0.717, 1.165) is 20.4 Å². The van der Waals surface area contributed by atoms with Crippen LogP contribution in [-0.2, 0) is 14.8 Å². The Morgan fingerprint density at radius 2 is 1.62 bits per heavy atom. The van der Waals surface area contributed by atoms with Gasteiger partial charge in [-0.15, -0.1) is 0 Å². The van der Waals surface area contributed by atoms with Crippen LogP contribution in [0, 0.1) is 11.3 Å². The lowest BCUT2D eigenvalue weighted by Crippen LogP contribution is -2.37. The largest absolute Gasteiger partial charge is 0.422 e. The van der Waals surface area contributed by atoms with Gasteiger partial charge in [0.15, 0.2) is 0 Å². The van der Waals surface area contributed by atoms with Crippen LogP contribution >= 0.6 is 11.8 Å². The summed E-state index contributed by atoms with van der Waals surface area (Å²) in [5.74, 6) is -1.25. The maximum Gasteiger partial charge on any atom is 0.343 e. The number of hydrogen-bond donors (Lipinski definition) is 1. The van der Waals surface area contributed by atoms with Crippen molar-refractivity contribution in [2.45, 2.75) is 9.79 Å². The van der Waals surface area contributed by atoms with Crippen molar-refractivity contribution < 1.29 is 22.7 Å². The van der Waals surface area contributed by atoms with Crippen molar-refractivity contribution in [1.29, 1.82) is 5.26 Å². The van der Waals surface area contributed by atoms with Crippen LogP contribution in [0.3, 0.4) is 0 Å². The Labute approximate surface area is 230 Å². The van der Waals surface area contributed by atoms with E-state index in [9.17, 15) is 23.3 Å². The van der Waals surface area contributed by atoms with Crippen molar-refractivity contribution in [1.82, 2.24) is 0 Å². The number of nitriles is 1. The molecule has 0 bridgehead atoms. The van der Waals surface area contributed by atoms with E-state index in [-0.39, 0.29) is 22.6 Å². The monoisotopic (exact) mass is 557 g/mol. The lowest BCUT2D eigenvalue weighted by Gasteiger charge is -2.22. The normalized spacial score (nSPS) is 10.8. The molecule has 0 unspecified atom stereocenters. The van der Waals surface area contributed by atoms with E-state index in [2.05, 4.69) is 5.32 Å². The molecule has 0 aliphatic rings. The molecule has 0 heterocycles. The molecule has 0 aliphatic carbocycles. The van der Waals surface area contributed by atoms with E-state index < -0.39 is 28.4 Å². The minimum atomic E-state index is -3.90. The molecule has 0 aliphatic heterocycles. The molecule has 4 aromatic carbocycles. The van der Waals surface area contributed by atoms with Gasteiger partial charge in [-0.1, -0.05) is 60.3 Å². The van der Waals surface area contributed by atoms with Gasteiger partial charge in [-0.3, -0.25) is 9.10 Å². The van der Waals surface area contributed by atoms with Crippen LogP contribution in [0.25, 0.3) is 0 Å². The van der Waals surface area contributed by atoms with Crippen LogP contribution in [0.5, 0.6) is 5.75 Å². The predicted octanol–water partition coefficient (Wildman–Crippen LogP) is 5.33. The Morgan fingerprint density at radius 1 is 0.923 bits per heavy atom. The number of carbonyl (C=O) groups is 2. The number of nitrogens with zero attached hydrogens (tertiary/aromatic N) is 2. The fourth-order valence-electron chi connectivity index (χ4n) is 3.59. The number of benzene rings is 4. The van der Waals surface area contributed by atoms with Gasteiger partial charge in [-0.25, -0.2) is 13.2 Å². The van der Waals surface area contributed by atoms with Crippen molar-refractivity contribution in [3.8, 4) is 11.8 Å². The number of sulfonamides is 1. The van der Waals surface area contributed by atoms with Crippen LogP contribution in [-0.4, -0.2) is 33.1 Å². The molecule has 4 aromatic rings. The van der Waals surface area contributed by atoms with Gasteiger partial charge >= 0.3 is 5.97 Å². The number of para-hydroxylation sites is 2. The molecule has 1 amide bonds. The number of esters is 1. The third-order valence-electron chi connectivity index (χ3n) is 5.40. The fraction of sp³-hybridized carbons (Fsp3) is 0.0690. The van der Waals surface area contributed by atoms with Gasteiger partial charge in [0.1, 0.15) is 18.4 Å². The molecule has 39 heavy (non-hydrogen) atoms. The summed E-state index contributed by atoms with van der Waals surface area (Å²) in [6.07, 6.45) is 0.980. The summed E-state index contributed by atoms with van der Waals surface area (Å²) < 4.78 is 31.6. The molecule has 196 valence electrons. The van der Waals surface area contributed by atoms with Crippen LogP contribution in [0.4, 0.5) is 11.4 Å². The van der Waals surface area contributed by atoms with E-state index in [1.54, 1.807) is 24.3 Å². The number of nitrogens with one attached hydrogen (secondary N) is 1. The highest BCUT2D eigenvalue weighted by molar-refractivity contribution is 7.99. The summed E-state index contributed by atoms with van der Waals surface area (Å²) in [5, 5.41) is 12.0. The standard InChI is InChI=1S/C29H23N3O5S2/c1-39(35,36)32(20-28(33)31-25-15-6-8-17-27(25)38-24-13-3-2-4-14-24)23-12-9-11-21(18-23)29(34)37-26-16-7-5-10-22(26)19-30/h2-18H,20H2,1H3,(H,31,33). The molecule has 0 spiro atoms. The second-order valence-corrected chi connectivity index (χ2v) is 11.3. The van der Waals surface area contributed by atoms with Gasteiger partial charge in [-0.2, -0.15) is 5.26 Å². The Morgan fingerprint density at radius 3 is 2.36 bits per heavy atom. The summed E-state index contributed by atoms with van der Waals surface area (Å²) >= 11 is 1.47. The van der Waals surface area contributed by atoms with Crippen molar-refractivity contribution in [2.24, 2.45) is 0 Å². The fourth-order valence-corrected chi connectivity index (χ4v) is 5.36. The minimum absolute atomic E-state index is 0.0545. The maximum atomic E-state index is 13.0. The van der Waals surface area contributed by atoms with Crippen molar-refractivity contribution in [2.75, 3.05) is 22.4 Å². The highest BCUT2D eigenvalue weighted by atomic mass is 32.2. The first kappa shape index (κ1) is 27.4. The Bertz CT molecular complexity index is 1650. The van der Waals surface area contributed by atoms with Gasteiger partial charge < -0.3 is 10.1 Å². The molecule has 0 radical (unpaired) electrons. The molecule has 10 heteroatoms. The van der Waals surface area contributed by atoms with Crippen molar-refractivity contribution >= 4 is 45.0 Å². The molecule has 4 rings (SSSR count). The molecule has 0 saturated carbocycles. The number of anilines is 2. The van der Waals surface area contributed by atoms with Crippen molar-refractivity contribution in [3.05, 3.63) is 114 Å². The summed E-state index contributed by atoms with van der Waals surface area (Å²) in [4.78, 5) is 27.6. The average molecular weight is 558 g/mol. The first-order valence-corrected chi connectivity index (χ1v) is 14.3. The Hall–Kier alpha value is -4.59. The molecule has 0 aromatic heterocycles. The van der Waals surface area contributed by atoms with Gasteiger partial charge in [0, 0.05) is 9.79 Å². The zero-order valence-corrected chi connectivity index (χ0v) is 22.4. The van der Waals surface area contributed by atoms with Crippen molar-refractivity contribution in [3.63, 3.8) is 0 Å². The zero-order chi connectivity index (χ0) is 27.8. The number of ether oxygens (including phenoxy) is 1. The number of rotatable bonds is 9. The molecule has 0 saturated heterocycles. The quantitative estimate of drug-likeness (QED) is 0.218. The second kappa shape index (κ2) is 12.3. The van der Waals surface area contributed by atoms with Crippen LogP contribution in [0.15, 0.2) is 113 Å². The van der Waals surface area contributed by atoms with E-state index in [1.807, 2.05) is 48.5 Å². The minimum Gasteiger partial charge on any atom is -0.422 e. The highest BCUT2D eigenvalue weighted by Gasteiger charge is 2.23. The first-order chi connectivity index (χ1) is 18.7. The number of carbonyl (C=O) groups excluding carboxylic acids is 2. The summed E-state index contributed by atoms with van der Waals surface area (Å²) in [7, 11) is -3.90. The molecule has 8 nitrogen and oxygen atoms in total. The third-order valence-corrected chi connectivity index (χ3v) is 7.62. The smallest absolute Gasteiger partial charge is 0.343 e.